The average Bonchev–Trinajstić information content (AvgIpc) is 2.46. The number of allylic oxidation sites excluding steroid dienone is 1. The highest BCUT2D eigenvalue weighted by atomic mass is 16.5. The van der Waals surface area contributed by atoms with Gasteiger partial charge in [-0.15, -0.1) is 6.58 Å². The number of ether oxygens (including phenoxy) is 1. The SMILES string of the molecule is C=CCCN(C(=C)/C(C)=C\COC)c1ccccc1. The van der Waals surface area contributed by atoms with Crippen LogP contribution in [0.2, 0.25) is 0 Å². The standard InChI is InChI=1S/C17H23NO/c1-5-6-13-18(17-10-8-7-9-11-17)16(3)15(2)12-14-19-4/h5,7-12H,1,3,6,13-14H2,2,4H3/b15-12-. The average molecular weight is 257 g/mol. The molecule has 1 rings (SSSR count). The van der Waals surface area contributed by atoms with Gasteiger partial charge in [0.05, 0.1) is 6.61 Å². The van der Waals surface area contributed by atoms with Crippen LogP contribution in [0.4, 0.5) is 5.69 Å². The third-order valence-electron chi connectivity index (χ3n) is 2.96. The molecule has 0 amide bonds. The molecule has 1 aromatic rings. The zero-order valence-corrected chi connectivity index (χ0v) is 11.9. The second kappa shape index (κ2) is 8.33. The molecule has 2 heteroatoms. The van der Waals surface area contributed by atoms with Crippen LogP contribution in [0.25, 0.3) is 0 Å². The van der Waals surface area contributed by atoms with E-state index in [0.29, 0.717) is 6.61 Å². The lowest BCUT2D eigenvalue weighted by molar-refractivity contribution is 0.233. The van der Waals surface area contributed by atoms with E-state index in [0.717, 1.165) is 29.9 Å². The second-order valence-corrected chi connectivity index (χ2v) is 4.35. The number of para-hydroxylation sites is 1. The fourth-order valence-electron chi connectivity index (χ4n) is 1.79. The first kappa shape index (κ1) is 15.3. The molecule has 0 atom stereocenters. The number of rotatable bonds is 8. The molecule has 0 spiro atoms. The molecule has 2 nitrogen and oxygen atoms in total. The third kappa shape index (κ3) is 4.76. The summed E-state index contributed by atoms with van der Waals surface area (Å²) >= 11 is 0. The molecular weight excluding hydrogens is 234 g/mol. The minimum atomic E-state index is 0.606. The Labute approximate surface area is 116 Å². The van der Waals surface area contributed by atoms with E-state index in [1.54, 1.807) is 7.11 Å². The molecular formula is C17H23NO. The Morgan fingerprint density at radius 3 is 2.58 bits per heavy atom. The smallest absolute Gasteiger partial charge is 0.0649 e. The van der Waals surface area contributed by atoms with Gasteiger partial charge in [0.2, 0.25) is 0 Å². The van der Waals surface area contributed by atoms with Crippen molar-refractivity contribution in [2.24, 2.45) is 0 Å². The van der Waals surface area contributed by atoms with Crippen molar-refractivity contribution in [3.63, 3.8) is 0 Å². The van der Waals surface area contributed by atoms with Crippen LogP contribution in [-0.2, 0) is 4.74 Å². The van der Waals surface area contributed by atoms with Gasteiger partial charge in [-0.05, 0) is 31.1 Å². The molecule has 0 aliphatic heterocycles. The summed E-state index contributed by atoms with van der Waals surface area (Å²) in [5, 5.41) is 0. The number of methoxy groups -OCH3 is 1. The predicted molar refractivity (Wildman–Crippen MR) is 83.4 cm³/mol. The van der Waals surface area contributed by atoms with E-state index >= 15 is 0 Å². The normalized spacial score (nSPS) is 11.2. The monoisotopic (exact) mass is 257 g/mol. The van der Waals surface area contributed by atoms with Gasteiger partial charge in [0.1, 0.15) is 0 Å². The molecule has 0 heterocycles. The van der Waals surface area contributed by atoms with Crippen LogP contribution in [0.5, 0.6) is 0 Å². The highest BCUT2D eigenvalue weighted by Gasteiger charge is 2.10. The van der Waals surface area contributed by atoms with Gasteiger partial charge in [0, 0.05) is 25.0 Å². The van der Waals surface area contributed by atoms with Crippen LogP contribution in [0.15, 0.2) is 66.9 Å². The summed E-state index contributed by atoms with van der Waals surface area (Å²) < 4.78 is 5.08. The van der Waals surface area contributed by atoms with Crippen molar-refractivity contribution in [3.05, 3.63) is 66.9 Å². The van der Waals surface area contributed by atoms with Crippen molar-refractivity contribution in [2.45, 2.75) is 13.3 Å². The molecule has 0 aromatic heterocycles. The van der Waals surface area contributed by atoms with Gasteiger partial charge in [-0.2, -0.15) is 0 Å². The van der Waals surface area contributed by atoms with E-state index in [4.69, 9.17) is 4.74 Å². The largest absolute Gasteiger partial charge is 0.381 e. The van der Waals surface area contributed by atoms with Crippen LogP contribution in [-0.4, -0.2) is 20.3 Å². The van der Waals surface area contributed by atoms with Gasteiger partial charge in [0.25, 0.3) is 0 Å². The van der Waals surface area contributed by atoms with Gasteiger partial charge in [-0.1, -0.05) is 36.9 Å². The number of anilines is 1. The van der Waals surface area contributed by atoms with Crippen molar-refractivity contribution in [1.82, 2.24) is 0 Å². The van der Waals surface area contributed by atoms with Crippen molar-refractivity contribution < 1.29 is 4.74 Å². The van der Waals surface area contributed by atoms with Crippen LogP contribution in [0.3, 0.4) is 0 Å². The Morgan fingerprint density at radius 1 is 1.32 bits per heavy atom. The van der Waals surface area contributed by atoms with E-state index < -0.39 is 0 Å². The zero-order valence-electron chi connectivity index (χ0n) is 11.9. The highest BCUT2D eigenvalue weighted by Crippen LogP contribution is 2.22. The topological polar surface area (TPSA) is 12.5 Å². The lowest BCUT2D eigenvalue weighted by Gasteiger charge is -2.27. The van der Waals surface area contributed by atoms with Crippen molar-refractivity contribution in [1.29, 1.82) is 0 Å². The summed E-state index contributed by atoms with van der Waals surface area (Å²) in [6.45, 7) is 11.5. The summed E-state index contributed by atoms with van der Waals surface area (Å²) in [5.74, 6) is 0. The number of hydrogen-bond acceptors (Lipinski definition) is 2. The third-order valence-corrected chi connectivity index (χ3v) is 2.96. The van der Waals surface area contributed by atoms with Gasteiger partial charge < -0.3 is 9.64 Å². The van der Waals surface area contributed by atoms with E-state index in [2.05, 4.69) is 37.1 Å². The summed E-state index contributed by atoms with van der Waals surface area (Å²) in [7, 11) is 1.69. The molecule has 0 saturated heterocycles. The minimum absolute atomic E-state index is 0.606. The van der Waals surface area contributed by atoms with Gasteiger partial charge in [-0.3, -0.25) is 0 Å². The molecule has 0 aliphatic rings. The van der Waals surface area contributed by atoms with Gasteiger partial charge in [-0.25, -0.2) is 0 Å². The molecule has 1 aromatic carbocycles. The summed E-state index contributed by atoms with van der Waals surface area (Å²) in [5.41, 5.74) is 3.29. The molecule has 0 fully saturated rings. The first-order valence-electron chi connectivity index (χ1n) is 6.49. The van der Waals surface area contributed by atoms with Crippen molar-refractivity contribution >= 4 is 5.69 Å². The maximum Gasteiger partial charge on any atom is 0.0649 e. The van der Waals surface area contributed by atoms with E-state index in [-0.39, 0.29) is 0 Å². The first-order chi connectivity index (χ1) is 9.20. The number of benzene rings is 1. The summed E-state index contributed by atoms with van der Waals surface area (Å²) in [6.07, 6.45) is 4.90. The van der Waals surface area contributed by atoms with Gasteiger partial charge >= 0.3 is 0 Å². The Balaban J connectivity index is 2.91. The number of hydrogen-bond donors (Lipinski definition) is 0. The Bertz CT molecular complexity index is 434. The number of nitrogens with zero attached hydrogens (tertiary/aromatic N) is 1. The summed E-state index contributed by atoms with van der Waals surface area (Å²) in [6, 6.07) is 10.3. The van der Waals surface area contributed by atoms with Crippen molar-refractivity contribution in [3.8, 4) is 0 Å². The zero-order chi connectivity index (χ0) is 14.1. The Morgan fingerprint density at radius 2 is 2.00 bits per heavy atom. The quantitative estimate of drug-likeness (QED) is 0.512. The second-order valence-electron chi connectivity index (χ2n) is 4.35. The molecule has 0 bridgehead atoms. The van der Waals surface area contributed by atoms with E-state index in [9.17, 15) is 0 Å². The fraction of sp³-hybridized carbons (Fsp3) is 0.294. The molecule has 0 radical (unpaired) electrons. The highest BCUT2D eigenvalue weighted by molar-refractivity contribution is 5.55. The van der Waals surface area contributed by atoms with Crippen LogP contribution in [0, 0.1) is 0 Å². The Hall–Kier alpha value is -1.80. The van der Waals surface area contributed by atoms with Crippen LogP contribution < -0.4 is 4.90 Å². The Kier molecular flexibility index (Phi) is 6.69. The molecule has 0 aliphatic carbocycles. The summed E-state index contributed by atoms with van der Waals surface area (Å²) in [4.78, 5) is 2.21. The first-order valence-corrected chi connectivity index (χ1v) is 6.49. The maximum atomic E-state index is 5.08. The lowest BCUT2D eigenvalue weighted by Crippen LogP contribution is -2.23. The van der Waals surface area contributed by atoms with Crippen molar-refractivity contribution in [2.75, 3.05) is 25.2 Å². The molecule has 0 saturated carbocycles. The van der Waals surface area contributed by atoms with Crippen LogP contribution in [0.1, 0.15) is 13.3 Å². The van der Waals surface area contributed by atoms with Crippen LogP contribution >= 0.6 is 0 Å². The predicted octanol–water partition coefficient (Wildman–Crippen LogP) is 4.18. The molecule has 0 unspecified atom stereocenters. The molecule has 19 heavy (non-hydrogen) atoms. The minimum Gasteiger partial charge on any atom is -0.381 e. The molecule has 102 valence electrons. The van der Waals surface area contributed by atoms with E-state index in [1.165, 1.54) is 0 Å². The maximum absolute atomic E-state index is 5.08. The molecule has 0 N–H and O–H groups in total. The van der Waals surface area contributed by atoms with E-state index in [1.807, 2.05) is 30.4 Å². The fourth-order valence-corrected chi connectivity index (χ4v) is 1.79. The lowest BCUT2D eigenvalue weighted by atomic mass is 10.1. The van der Waals surface area contributed by atoms with Gasteiger partial charge in [0.15, 0.2) is 0 Å².